The molecule has 0 aliphatic carbocycles. The molecule has 1 unspecified atom stereocenters. The SMILES string of the molecule is O=C(O)C1=C2CCCN2N(c2ccccc2)C1O. The minimum Gasteiger partial charge on any atom is -0.478 e. The van der Waals surface area contributed by atoms with Gasteiger partial charge in [0.15, 0.2) is 6.23 Å². The molecular weight excluding hydrogens is 232 g/mol. The zero-order valence-electron chi connectivity index (χ0n) is 9.78. The van der Waals surface area contributed by atoms with Gasteiger partial charge < -0.3 is 10.2 Å². The van der Waals surface area contributed by atoms with Crippen molar-refractivity contribution in [3.63, 3.8) is 0 Å². The zero-order valence-corrected chi connectivity index (χ0v) is 9.78. The first-order chi connectivity index (χ1) is 8.70. The Kier molecular flexibility index (Phi) is 2.48. The third kappa shape index (κ3) is 1.48. The largest absolute Gasteiger partial charge is 0.478 e. The van der Waals surface area contributed by atoms with Crippen LogP contribution in [0.15, 0.2) is 41.6 Å². The van der Waals surface area contributed by atoms with Crippen molar-refractivity contribution in [2.45, 2.75) is 19.1 Å². The molecule has 2 aliphatic rings. The smallest absolute Gasteiger partial charge is 0.338 e. The molecule has 1 aromatic carbocycles. The lowest BCUT2D eigenvalue weighted by molar-refractivity contribution is -0.133. The van der Waals surface area contributed by atoms with Crippen molar-refractivity contribution in [1.82, 2.24) is 5.01 Å². The minimum absolute atomic E-state index is 0.108. The monoisotopic (exact) mass is 246 g/mol. The van der Waals surface area contributed by atoms with E-state index in [-0.39, 0.29) is 5.57 Å². The second-order valence-corrected chi connectivity index (χ2v) is 4.45. The van der Waals surface area contributed by atoms with E-state index in [1.165, 1.54) is 0 Å². The molecule has 2 N–H and O–H groups in total. The zero-order chi connectivity index (χ0) is 12.7. The maximum Gasteiger partial charge on any atom is 0.338 e. The molecule has 1 aromatic rings. The first-order valence-electron chi connectivity index (χ1n) is 5.96. The number of carboxylic acid groups (broad SMARTS) is 1. The highest BCUT2D eigenvalue weighted by Crippen LogP contribution is 2.38. The van der Waals surface area contributed by atoms with Gasteiger partial charge in [-0.25, -0.2) is 4.79 Å². The van der Waals surface area contributed by atoms with Gasteiger partial charge in [-0.05, 0) is 25.0 Å². The first-order valence-corrected chi connectivity index (χ1v) is 5.96. The third-order valence-corrected chi connectivity index (χ3v) is 3.41. The Morgan fingerprint density at radius 1 is 1.28 bits per heavy atom. The molecule has 94 valence electrons. The molecule has 3 rings (SSSR count). The summed E-state index contributed by atoms with van der Waals surface area (Å²) in [7, 11) is 0. The van der Waals surface area contributed by atoms with E-state index < -0.39 is 12.2 Å². The highest BCUT2D eigenvalue weighted by molar-refractivity contribution is 5.90. The Balaban J connectivity index is 2.03. The fraction of sp³-hybridized carbons (Fsp3) is 0.308. The van der Waals surface area contributed by atoms with E-state index in [0.29, 0.717) is 6.42 Å². The van der Waals surface area contributed by atoms with Crippen molar-refractivity contribution in [1.29, 1.82) is 0 Å². The van der Waals surface area contributed by atoms with E-state index in [0.717, 1.165) is 24.4 Å². The van der Waals surface area contributed by atoms with Crippen molar-refractivity contribution in [2.75, 3.05) is 11.6 Å². The number of rotatable bonds is 2. The molecule has 5 heteroatoms. The van der Waals surface area contributed by atoms with Crippen LogP contribution in [-0.2, 0) is 4.79 Å². The van der Waals surface area contributed by atoms with Crippen LogP contribution in [0.1, 0.15) is 12.8 Å². The molecule has 1 saturated heterocycles. The van der Waals surface area contributed by atoms with Gasteiger partial charge >= 0.3 is 5.97 Å². The van der Waals surface area contributed by atoms with Crippen LogP contribution >= 0.6 is 0 Å². The van der Waals surface area contributed by atoms with Crippen molar-refractivity contribution in [3.05, 3.63) is 41.6 Å². The Labute approximate surface area is 105 Å². The molecule has 1 atom stereocenters. The van der Waals surface area contributed by atoms with Crippen molar-refractivity contribution in [2.24, 2.45) is 0 Å². The number of nitrogens with zero attached hydrogens (tertiary/aromatic N) is 2. The molecule has 0 spiro atoms. The molecule has 5 nitrogen and oxygen atoms in total. The molecule has 0 bridgehead atoms. The van der Waals surface area contributed by atoms with Gasteiger partial charge in [-0.3, -0.25) is 10.0 Å². The number of hydrogen-bond donors (Lipinski definition) is 2. The standard InChI is InChI=1S/C13H14N2O3/c16-12-11(13(17)18)10-7-4-8-14(10)15(12)9-5-2-1-3-6-9/h1-3,5-6,12,16H,4,7-8H2,(H,17,18). The number of hydrogen-bond acceptors (Lipinski definition) is 4. The normalized spacial score (nSPS) is 22.6. The number of anilines is 1. The lowest BCUT2D eigenvalue weighted by Crippen LogP contribution is -2.42. The third-order valence-electron chi connectivity index (χ3n) is 3.41. The van der Waals surface area contributed by atoms with Gasteiger partial charge in [0.2, 0.25) is 0 Å². The van der Waals surface area contributed by atoms with Crippen LogP contribution in [0.2, 0.25) is 0 Å². The van der Waals surface area contributed by atoms with Gasteiger partial charge in [0, 0.05) is 6.54 Å². The first kappa shape index (κ1) is 11.1. The summed E-state index contributed by atoms with van der Waals surface area (Å²) < 4.78 is 0. The van der Waals surface area contributed by atoms with E-state index in [4.69, 9.17) is 0 Å². The molecular formula is C13H14N2O3. The lowest BCUT2D eigenvalue weighted by Gasteiger charge is -2.32. The summed E-state index contributed by atoms with van der Waals surface area (Å²) in [6.45, 7) is 0.748. The Hall–Kier alpha value is -2.01. The number of aliphatic hydroxyl groups excluding tert-OH is 1. The molecule has 0 aromatic heterocycles. The molecule has 0 radical (unpaired) electrons. The second-order valence-electron chi connectivity index (χ2n) is 4.45. The number of aliphatic hydroxyl groups is 1. The van der Waals surface area contributed by atoms with Crippen LogP contribution in [-0.4, -0.2) is 34.0 Å². The van der Waals surface area contributed by atoms with Gasteiger partial charge in [-0.15, -0.1) is 0 Å². The van der Waals surface area contributed by atoms with Gasteiger partial charge in [-0.2, -0.15) is 0 Å². The van der Waals surface area contributed by atoms with E-state index in [2.05, 4.69) is 0 Å². The summed E-state index contributed by atoms with van der Waals surface area (Å²) in [6, 6.07) is 9.36. The number of para-hydroxylation sites is 1. The second kappa shape index (κ2) is 4.03. The molecule has 1 fully saturated rings. The van der Waals surface area contributed by atoms with Crippen molar-refractivity contribution < 1.29 is 15.0 Å². The number of aliphatic carboxylic acids is 1. The number of hydrazine groups is 1. The quantitative estimate of drug-likeness (QED) is 0.820. The molecule has 0 saturated carbocycles. The van der Waals surface area contributed by atoms with Gasteiger partial charge in [0.1, 0.15) is 5.57 Å². The number of fused-ring (bicyclic) bond motifs is 1. The maximum absolute atomic E-state index is 11.3. The predicted molar refractivity (Wildman–Crippen MR) is 65.5 cm³/mol. The maximum atomic E-state index is 11.3. The van der Waals surface area contributed by atoms with Crippen LogP contribution in [0.25, 0.3) is 0 Å². The van der Waals surface area contributed by atoms with Crippen molar-refractivity contribution >= 4 is 11.7 Å². The summed E-state index contributed by atoms with van der Waals surface area (Å²) in [4.78, 5) is 11.3. The van der Waals surface area contributed by atoms with Gasteiger partial charge in [0.25, 0.3) is 0 Å². The molecule has 2 heterocycles. The summed E-state index contributed by atoms with van der Waals surface area (Å²) in [5, 5.41) is 23.0. The predicted octanol–water partition coefficient (Wildman–Crippen LogP) is 1.17. The molecule has 2 aliphatic heterocycles. The fourth-order valence-electron chi connectivity index (χ4n) is 2.67. The van der Waals surface area contributed by atoms with E-state index in [9.17, 15) is 15.0 Å². The highest BCUT2D eigenvalue weighted by Gasteiger charge is 2.43. The van der Waals surface area contributed by atoms with Crippen LogP contribution < -0.4 is 5.01 Å². The van der Waals surface area contributed by atoms with Gasteiger partial charge in [-0.1, -0.05) is 18.2 Å². The average molecular weight is 246 g/mol. The van der Waals surface area contributed by atoms with E-state index >= 15 is 0 Å². The summed E-state index contributed by atoms with van der Waals surface area (Å²) in [6.07, 6.45) is 0.532. The average Bonchev–Trinajstić information content (AvgIpc) is 2.88. The minimum atomic E-state index is -1.10. The Morgan fingerprint density at radius 3 is 2.67 bits per heavy atom. The molecule has 0 amide bonds. The number of benzene rings is 1. The van der Waals surface area contributed by atoms with Crippen molar-refractivity contribution in [3.8, 4) is 0 Å². The van der Waals surface area contributed by atoms with E-state index in [1.54, 1.807) is 5.01 Å². The molecule has 18 heavy (non-hydrogen) atoms. The van der Waals surface area contributed by atoms with Crippen LogP contribution in [0.3, 0.4) is 0 Å². The van der Waals surface area contributed by atoms with Gasteiger partial charge in [0.05, 0.1) is 11.4 Å². The van der Waals surface area contributed by atoms with Crippen LogP contribution in [0.5, 0.6) is 0 Å². The number of allylic oxidation sites excluding steroid dienone is 1. The van der Waals surface area contributed by atoms with Crippen LogP contribution in [0, 0.1) is 0 Å². The topological polar surface area (TPSA) is 64.0 Å². The fourth-order valence-corrected chi connectivity index (χ4v) is 2.67. The lowest BCUT2D eigenvalue weighted by atomic mass is 10.1. The Morgan fingerprint density at radius 2 is 2.00 bits per heavy atom. The van der Waals surface area contributed by atoms with E-state index in [1.807, 2.05) is 35.3 Å². The summed E-state index contributed by atoms with van der Waals surface area (Å²) in [5.41, 5.74) is 1.65. The highest BCUT2D eigenvalue weighted by atomic mass is 16.4. The number of carboxylic acids is 1. The summed E-state index contributed by atoms with van der Waals surface area (Å²) >= 11 is 0. The number of carbonyl (C=O) groups is 1. The van der Waals surface area contributed by atoms with Crippen LogP contribution in [0.4, 0.5) is 5.69 Å². The summed E-state index contributed by atoms with van der Waals surface area (Å²) in [5.74, 6) is -1.04. The Bertz CT molecular complexity index is 512.